The summed E-state index contributed by atoms with van der Waals surface area (Å²) in [4.78, 5) is 51.6. The molecule has 2 amide bonds. The maximum Gasteiger partial charge on any atom is 0.338 e. The molecule has 0 spiro atoms. The SMILES string of the molecule is CC(NC(=O)c1cnsn1)C(Oc1ccc(C(=O)O[C@H]2CCCN(C(=O)[C@H]3COC(=O)C3)C2)cc1)c1ccc(C2CC2)cc1. The van der Waals surface area contributed by atoms with E-state index < -0.39 is 30.1 Å². The van der Waals surface area contributed by atoms with Crippen LogP contribution in [0.25, 0.3) is 0 Å². The summed E-state index contributed by atoms with van der Waals surface area (Å²) in [5.74, 6) is -0.637. The lowest BCUT2D eigenvalue weighted by Gasteiger charge is -2.33. The molecule has 3 aromatic rings. The van der Waals surface area contributed by atoms with Crippen LogP contribution in [-0.2, 0) is 19.1 Å². The number of rotatable bonds is 10. The van der Waals surface area contributed by atoms with Crippen LogP contribution in [0.3, 0.4) is 0 Å². The summed E-state index contributed by atoms with van der Waals surface area (Å²) in [6.45, 7) is 2.83. The third kappa shape index (κ3) is 7.07. The third-order valence-electron chi connectivity index (χ3n) is 8.24. The zero-order valence-corrected chi connectivity index (χ0v) is 25.2. The first kappa shape index (κ1) is 29.7. The van der Waals surface area contributed by atoms with Crippen molar-refractivity contribution in [3.8, 4) is 5.75 Å². The van der Waals surface area contributed by atoms with Crippen LogP contribution in [-0.4, -0.2) is 69.2 Å². The molecule has 4 atom stereocenters. The van der Waals surface area contributed by atoms with Gasteiger partial charge in [0.15, 0.2) is 5.69 Å². The second kappa shape index (κ2) is 13.1. The van der Waals surface area contributed by atoms with Crippen LogP contribution in [0.1, 0.15) is 83.0 Å². The molecule has 6 rings (SSSR count). The first-order valence-corrected chi connectivity index (χ1v) is 15.7. The molecule has 11 nitrogen and oxygen atoms in total. The number of nitrogens with zero attached hydrogens (tertiary/aromatic N) is 3. The first-order chi connectivity index (χ1) is 21.3. The van der Waals surface area contributed by atoms with Gasteiger partial charge in [0.25, 0.3) is 5.91 Å². The highest BCUT2D eigenvalue weighted by molar-refractivity contribution is 6.99. The van der Waals surface area contributed by atoms with Crippen molar-refractivity contribution < 1.29 is 33.4 Å². The van der Waals surface area contributed by atoms with Crippen LogP contribution < -0.4 is 10.1 Å². The molecule has 0 radical (unpaired) electrons. The zero-order valence-electron chi connectivity index (χ0n) is 24.3. The predicted octanol–water partition coefficient (Wildman–Crippen LogP) is 4.07. The Morgan fingerprint density at radius 1 is 1.07 bits per heavy atom. The van der Waals surface area contributed by atoms with Crippen molar-refractivity contribution in [2.24, 2.45) is 5.92 Å². The number of carbonyl (C=O) groups is 4. The number of nitrogens with one attached hydrogen (secondary N) is 1. The highest BCUT2D eigenvalue weighted by atomic mass is 32.1. The van der Waals surface area contributed by atoms with Crippen molar-refractivity contribution in [1.82, 2.24) is 19.0 Å². The van der Waals surface area contributed by atoms with Crippen LogP contribution in [0, 0.1) is 5.92 Å². The van der Waals surface area contributed by atoms with E-state index in [1.807, 2.05) is 19.1 Å². The fourth-order valence-corrected chi connectivity index (χ4v) is 6.07. The number of piperidine rings is 1. The monoisotopic (exact) mass is 618 g/mol. The standard InChI is InChI=1S/C32H34N4O7S/c1-19(34-30(38)27-16-33-44-35-27)29(22-8-6-21(7-9-22)20-4-5-20)42-25-12-10-23(11-13-25)32(40)43-26-3-2-14-36(17-26)31(39)24-15-28(37)41-18-24/h6-13,16,19-20,24,26,29H,2-5,14-15,17-18H2,1H3,(H,34,38)/t19?,24-,26+,29?/m1/s1. The summed E-state index contributed by atoms with van der Waals surface area (Å²) >= 11 is 0.971. The fraction of sp³-hybridized carbons (Fsp3) is 0.438. The Morgan fingerprint density at radius 2 is 1.84 bits per heavy atom. The lowest BCUT2D eigenvalue weighted by atomic mass is 10.00. The number of benzene rings is 2. The third-order valence-corrected chi connectivity index (χ3v) is 8.72. The van der Waals surface area contributed by atoms with Gasteiger partial charge in [0.2, 0.25) is 5.91 Å². The molecule has 2 aromatic carbocycles. The molecule has 0 bridgehead atoms. The minimum Gasteiger partial charge on any atom is -0.484 e. The van der Waals surface area contributed by atoms with Gasteiger partial charge in [-0.05, 0) is 73.9 Å². The molecule has 2 saturated heterocycles. The molecule has 1 N–H and O–H groups in total. The number of amides is 2. The highest BCUT2D eigenvalue weighted by Gasteiger charge is 2.36. The lowest BCUT2D eigenvalue weighted by molar-refractivity contribution is -0.139. The summed E-state index contributed by atoms with van der Waals surface area (Å²) in [7, 11) is 0. The summed E-state index contributed by atoms with van der Waals surface area (Å²) in [6, 6.07) is 14.6. The summed E-state index contributed by atoms with van der Waals surface area (Å²) in [5, 5.41) is 2.97. The first-order valence-electron chi connectivity index (χ1n) is 14.9. The van der Waals surface area contributed by atoms with E-state index in [9.17, 15) is 19.2 Å². The number of likely N-dealkylation sites (tertiary alicyclic amines) is 1. The quantitative estimate of drug-likeness (QED) is 0.334. The maximum absolute atomic E-state index is 13.0. The topological polar surface area (TPSA) is 137 Å². The minimum atomic E-state index is -0.511. The molecular weight excluding hydrogens is 584 g/mol. The number of ether oxygens (including phenoxy) is 3. The van der Waals surface area contributed by atoms with E-state index in [1.165, 1.54) is 24.6 Å². The van der Waals surface area contributed by atoms with Crippen LogP contribution in [0.15, 0.2) is 54.7 Å². The molecule has 1 aliphatic carbocycles. The van der Waals surface area contributed by atoms with Gasteiger partial charge in [0, 0.05) is 6.54 Å². The van der Waals surface area contributed by atoms with Crippen molar-refractivity contribution in [1.29, 1.82) is 0 Å². The summed E-state index contributed by atoms with van der Waals surface area (Å²) < 4.78 is 25.0. The smallest absolute Gasteiger partial charge is 0.338 e. The normalized spacial score (nSPS) is 21.2. The Balaban J connectivity index is 1.09. The zero-order chi connectivity index (χ0) is 30.6. The molecule has 2 aliphatic heterocycles. The van der Waals surface area contributed by atoms with Crippen molar-refractivity contribution in [2.45, 2.75) is 63.2 Å². The maximum atomic E-state index is 13.0. The van der Waals surface area contributed by atoms with Crippen LogP contribution in [0.5, 0.6) is 5.75 Å². The molecule has 1 aromatic heterocycles. The Bertz CT molecular complexity index is 1490. The molecule has 12 heteroatoms. The minimum absolute atomic E-state index is 0.0925. The molecule has 3 fully saturated rings. The van der Waals surface area contributed by atoms with E-state index in [2.05, 4.69) is 26.2 Å². The Kier molecular flexibility index (Phi) is 8.87. The molecule has 44 heavy (non-hydrogen) atoms. The van der Waals surface area contributed by atoms with E-state index in [0.717, 1.165) is 17.3 Å². The Labute approximate surface area is 259 Å². The van der Waals surface area contributed by atoms with Gasteiger partial charge in [-0.3, -0.25) is 14.4 Å². The number of cyclic esters (lactones) is 1. The Hall–Kier alpha value is -4.32. The average Bonchev–Trinajstić information content (AvgIpc) is 3.55. The molecule has 230 valence electrons. The van der Waals surface area contributed by atoms with Crippen molar-refractivity contribution in [3.63, 3.8) is 0 Å². The fourth-order valence-electron chi connectivity index (χ4n) is 5.65. The van der Waals surface area contributed by atoms with E-state index in [4.69, 9.17) is 14.2 Å². The Morgan fingerprint density at radius 3 is 2.50 bits per heavy atom. The van der Waals surface area contributed by atoms with Gasteiger partial charge in [-0.1, -0.05) is 24.3 Å². The van der Waals surface area contributed by atoms with Gasteiger partial charge >= 0.3 is 11.9 Å². The van der Waals surface area contributed by atoms with Crippen LogP contribution in [0.2, 0.25) is 0 Å². The van der Waals surface area contributed by atoms with E-state index in [-0.39, 0.29) is 43.1 Å². The molecule has 1 saturated carbocycles. The van der Waals surface area contributed by atoms with Gasteiger partial charge < -0.3 is 24.4 Å². The van der Waals surface area contributed by atoms with Gasteiger partial charge in [-0.15, -0.1) is 0 Å². The second-order valence-electron chi connectivity index (χ2n) is 11.6. The number of aromatic nitrogens is 2. The van der Waals surface area contributed by atoms with Gasteiger partial charge in [0.1, 0.15) is 24.6 Å². The molecular formula is C32H34N4O7S. The number of hydrogen-bond donors (Lipinski definition) is 1. The van der Waals surface area contributed by atoms with Crippen LogP contribution in [0.4, 0.5) is 0 Å². The van der Waals surface area contributed by atoms with Crippen molar-refractivity contribution >= 4 is 35.5 Å². The molecule has 3 heterocycles. The average molecular weight is 619 g/mol. The largest absolute Gasteiger partial charge is 0.484 e. The van der Waals surface area contributed by atoms with Crippen molar-refractivity contribution in [3.05, 3.63) is 77.1 Å². The predicted molar refractivity (Wildman–Crippen MR) is 159 cm³/mol. The highest BCUT2D eigenvalue weighted by Crippen LogP contribution is 2.40. The number of esters is 2. The van der Waals surface area contributed by atoms with Crippen LogP contribution >= 0.6 is 11.7 Å². The number of hydrogen-bond acceptors (Lipinski definition) is 10. The summed E-state index contributed by atoms with van der Waals surface area (Å²) in [6.07, 6.45) is 4.34. The van der Waals surface area contributed by atoms with Gasteiger partial charge in [-0.2, -0.15) is 8.75 Å². The van der Waals surface area contributed by atoms with E-state index in [1.54, 1.807) is 29.2 Å². The summed E-state index contributed by atoms with van der Waals surface area (Å²) in [5.41, 5.74) is 2.82. The second-order valence-corrected chi connectivity index (χ2v) is 12.2. The van der Waals surface area contributed by atoms with E-state index in [0.29, 0.717) is 36.6 Å². The lowest BCUT2D eigenvalue weighted by Crippen LogP contribution is -2.46. The molecule has 3 aliphatic rings. The van der Waals surface area contributed by atoms with Gasteiger partial charge in [-0.25, -0.2) is 4.79 Å². The van der Waals surface area contributed by atoms with Gasteiger partial charge in [0.05, 0.1) is 48.4 Å². The van der Waals surface area contributed by atoms with Crippen molar-refractivity contribution in [2.75, 3.05) is 19.7 Å². The van der Waals surface area contributed by atoms with E-state index >= 15 is 0 Å². The molecule has 2 unspecified atom stereocenters. The number of carbonyl (C=O) groups excluding carboxylic acids is 4.